The second-order valence-electron chi connectivity index (χ2n) is 7.84. The minimum Gasteiger partial charge on any atom is -0.493 e. The van der Waals surface area contributed by atoms with E-state index in [0.717, 1.165) is 17.4 Å². The largest absolute Gasteiger partial charge is 0.493 e. The van der Waals surface area contributed by atoms with E-state index in [0.29, 0.717) is 19.6 Å². The maximum absolute atomic E-state index is 12.9. The van der Waals surface area contributed by atoms with Crippen molar-refractivity contribution < 1.29 is 19.2 Å². The molecule has 0 aromatic heterocycles. The molecule has 0 spiro atoms. The fraction of sp³-hybridized carbons (Fsp3) is 0.391. The number of hydrogen-bond acceptors (Lipinski definition) is 5. The van der Waals surface area contributed by atoms with E-state index in [1.165, 1.54) is 12.1 Å². The van der Waals surface area contributed by atoms with E-state index in [4.69, 9.17) is 16.3 Å². The number of aryl methyl sites for hydroxylation is 1. The highest BCUT2D eigenvalue weighted by molar-refractivity contribution is 6.34. The molecule has 2 aromatic carbocycles. The molecule has 0 radical (unpaired) electrons. The minimum atomic E-state index is -0.768. The molecular formula is C23H28ClN3O5. The SMILES string of the molecule is Cc1ccccc1OCCCN(C)C(=O)C(NC(=O)c1ccc([N+](=O)[O-])cc1Cl)C(C)C. The Morgan fingerprint density at radius 3 is 2.50 bits per heavy atom. The molecule has 8 nitrogen and oxygen atoms in total. The van der Waals surface area contributed by atoms with Crippen LogP contribution in [-0.4, -0.2) is 47.9 Å². The van der Waals surface area contributed by atoms with Gasteiger partial charge in [-0.3, -0.25) is 19.7 Å². The highest BCUT2D eigenvalue weighted by Gasteiger charge is 2.28. The maximum atomic E-state index is 12.9. The summed E-state index contributed by atoms with van der Waals surface area (Å²) < 4.78 is 5.77. The molecule has 0 fully saturated rings. The Morgan fingerprint density at radius 2 is 1.91 bits per heavy atom. The van der Waals surface area contributed by atoms with E-state index in [1.807, 2.05) is 45.0 Å². The zero-order valence-electron chi connectivity index (χ0n) is 18.6. The molecule has 0 saturated carbocycles. The van der Waals surface area contributed by atoms with Gasteiger partial charge in [-0.2, -0.15) is 0 Å². The number of carbonyl (C=O) groups is 2. The van der Waals surface area contributed by atoms with Crippen LogP contribution in [0.3, 0.4) is 0 Å². The van der Waals surface area contributed by atoms with Crippen molar-refractivity contribution in [3.05, 3.63) is 68.7 Å². The van der Waals surface area contributed by atoms with E-state index in [1.54, 1.807) is 11.9 Å². The predicted octanol–water partition coefficient (Wildman–Crippen LogP) is 4.24. The predicted molar refractivity (Wildman–Crippen MR) is 123 cm³/mol. The van der Waals surface area contributed by atoms with Gasteiger partial charge < -0.3 is 15.0 Å². The molecule has 2 rings (SSSR count). The number of para-hydroxylation sites is 1. The van der Waals surface area contributed by atoms with Gasteiger partial charge in [-0.15, -0.1) is 0 Å². The van der Waals surface area contributed by atoms with Gasteiger partial charge in [0.15, 0.2) is 0 Å². The quantitative estimate of drug-likeness (QED) is 0.324. The molecule has 2 amide bonds. The summed E-state index contributed by atoms with van der Waals surface area (Å²) in [7, 11) is 1.68. The summed E-state index contributed by atoms with van der Waals surface area (Å²) in [5.41, 5.74) is 0.908. The number of amides is 2. The first kappa shape index (κ1) is 25.1. The summed E-state index contributed by atoms with van der Waals surface area (Å²) in [6.45, 7) is 6.55. The highest BCUT2D eigenvalue weighted by Crippen LogP contribution is 2.23. The number of nitro benzene ring substituents is 1. The molecule has 0 bridgehead atoms. The summed E-state index contributed by atoms with van der Waals surface area (Å²) in [5, 5.41) is 13.5. The van der Waals surface area contributed by atoms with Crippen molar-refractivity contribution in [2.45, 2.75) is 33.2 Å². The van der Waals surface area contributed by atoms with Gasteiger partial charge in [0, 0.05) is 25.7 Å². The van der Waals surface area contributed by atoms with Crippen LogP contribution < -0.4 is 10.1 Å². The normalized spacial score (nSPS) is 11.7. The number of hydrogen-bond donors (Lipinski definition) is 1. The number of non-ortho nitro benzene ring substituents is 1. The molecule has 2 aromatic rings. The van der Waals surface area contributed by atoms with Gasteiger partial charge >= 0.3 is 0 Å². The molecule has 1 N–H and O–H groups in total. The molecule has 172 valence electrons. The van der Waals surface area contributed by atoms with E-state index in [9.17, 15) is 19.7 Å². The average Bonchev–Trinajstić information content (AvgIpc) is 2.74. The van der Waals surface area contributed by atoms with Crippen molar-refractivity contribution in [3.8, 4) is 5.75 Å². The van der Waals surface area contributed by atoms with E-state index in [2.05, 4.69) is 5.32 Å². The number of nitrogens with zero attached hydrogens (tertiary/aromatic N) is 2. The fourth-order valence-corrected chi connectivity index (χ4v) is 3.34. The Labute approximate surface area is 192 Å². The van der Waals surface area contributed by atoms with Gasteiger partial charge in [-0.1, -0.05) is 43.6 Å². The fourth-order valence-electron chi connectivity index (χ4n) is 3.08. The van der Waals surface area contributed by atoms with Gasteiger partial charge in [0.2, 0.25) is 5.91 Å². The van der Waals surface area contributed by atoms with E-state index >= 15 is 0 Å². The Kier molecular flexibility index (Phi) is 9.02. The lowest BCUT2D eigenvalue weighted by Gasteiger charge is -2.27. The topological polar surface area (TPSA) is 102 Å². The first-order valence-corrected chi connectivity index (χ1v) is 10.7. The lowest BCUT2D eigenvalue weighted by Crippen LogP contribution is -2.50. The summed E-state index contributed by atoms with van der Waals surface area (Å²) in [6, 6.07) is 10.6. The molecule has 0 heterocycles. The molecule has 32 heavy (non-hydrogen) atoms. The molecule has 1 atom stereocenters. The molecule has 0 saturated heterocycles. The molecule has 9 heteroatoms. The molecule has 0 aliphatic rings. The van der Waals surface area contributed by atoms with Crippen molar-refractivity contribution in [2.24, 2.45) is 5.92 Å². The first-order valence-electron chi connectivity index (χ1n) is 10.3. The summed E-state index contributed by atoms with van der Waals surface area (Å²) in [5.74, 6) is -0.154. The van der Waals surface area contributed by atoms with Crippen LogP contribution in [0.1, 0.15) is 36.2 Å². The Balaban J connectivity index is 1.95. The lowest BCUT2D eigenvalue weighted by atomic mass is 10.0. The number of halogens is 1. The number of nitro groups is 1. The van der Waals surface area contributed by atoms with E-state index < -0.39 is 16.9 Å². The second-order valence-corrected chi connectivity index (χ2v) is 8.25. The van der Waals surface area contributed by atoms with Gasteiger partial charge in [-0.25, -0.2) is 0 Å². The third-order valence-corrected chi connectivity index (χ3v) is 5.31. The van der Waals surface area contributed by atoms with E-state index in [-0.39, 0.29) is 28.1 Å². The van der Waals surface area contributed by atoms with Crippen molar-refractivity contribution in [1.29, 1.82) is 0 Å². The monoisotopic (exact) mass is 461 g/mol. The number of nitrogens with one attached hydrogen (secondary N) is 1. The zero-order valence-corrected chi connectivity index (χ0v) is 19.4. The molecular weight excluding hydrogens is 434 g/mol. The number of rotatable bonds is 10. The lowest BCUT2D eigenvalue weighted by molar-refractivity contribution is -0.384. The number of ether oxygens (including phenoxy) is 1. The number of benzene rings is 2. The third kappa shape index (κ3) is 6.68. The van der Waals surface area contributed by atoms with Crippen LogP contribution in [0.4, 0.5) is 5.69 Å². The number of carbonyl (C=O) groups excluding carboxylic acids is 2. The van der Waals surface area contributed by atoms with Crippen molar-refractivity contribution in [2.75, 3.05) is 20.2 Å². The molecule has 0 aliphatic carbocycles. The van der Waals surface area contributed by atoms with Crippen LogP contribution in [0.5, 0.6) is 5.75 Å². The third-order valence-electron chi connectivity index (χ3n) is 4.99. The van der Waals surface area contributed by atoms with Gasteiger partial charge in [0.1, 0.15) is 11.8 Å². The molecule has 1 unspecified atom stereocenters. The summed E-state index contributed by atoms with van der Waals surface area (Å²) in [6.07, 6.45) is 0.628. The second kappa shape index (κ2) is 11.5. The van der Waals surface area contributed by atoms with Gasteiger partial charge in [0.05, 0.1) is 22.1 Å². The maximum Gasteiger partial charge on any atom is 0.270 e. The summed E-state index contributed by atoms with van der Waals surface area (Å²) in [4.78, 5) is 37.5. The Hall–Kier alpha value is -3.13. The standard InChI is InChI=1S/C23H28ClN3O5/c1-15(2)21(25-22(28)18-11-10-17(27(30)31)14-19(18)24)23(29)26(4)12-7-13-32-20-9-6-5-8-16(20)3/h5-6,8-11,14-15,21H,7,12-13H2,1-4H3,(H,25,28). The number of likely N-dealkylation sites (N-methyl/N-ethyl adjacent to an activating group) is 1. The molecule has 0 aliphatic heterocycles. The van der Waals surface area contributed by atoms with Crippen LogP contribution in [0.15, 0.2) is 42.5 Å². The average molecular weight is 462 g/mol. The van der Waals surface area contributed by atoms with Gasteiger partial charge in [-0.05, 0) is 37.0 Å². The van der Waals surface area contributed by atoms with Crippen molar-refractivity contribution in [3.63, 3.8) is 0 Å². The Bertz CT molecular complexity index is 980. The zero-order chi connectivity index (χ0) is 23.8. The highest BCUT2D eigenvalue weighted by atomic mass is 35.5. The minimum absolute atomic E-state index is 0.0478. The smallest absolute Gasteiger partial charge is 0.270 e. The van der Waals surface area contributed by atoms with Crippen LogP contribution in [0, 0.1) is 23.0 Å². The van der Waals surface area contributed by atoms with Crippen LogP contribution in [-0.2, 0) is 4.79 Å². The summed E-state index contributed by atoms with van der Waals surface area (Å²) >= 11 is 6.05. The Morgan fingerprint density at radius 1 is 1.22 bits per heavy atom. The first-order chi connectivity index (χ1) is 15.1. The van der Waals surface area contributed by atoms with Crippen molar-refractivity contribution in [1.82, 2.24) is 10.2 Å². The van der Waals surface area contributed by atoms with Gasteiger partial charge in [0.25, 0.3) is 11.6 Å². The van der Waals surface area contributed by atoms with Crippen molar-refractivity contribution >= 4 is 29.1 Å². The van der Waals surface area contributed by atoms with Crippen LogP contribution in [0.25, 0.3) is 0 Å². The van der Waals surface area contributed by atoms with Crippen LogP contribution >= 0.6 is 11.6 Å². The van der Waals surface area contributed by atoms with Crippen LogP contribution in [0.2, 0.25) is 5.02 Å².